The van der Waals surface area contributed by atoms with Crippen molar-refractivity contribution in [2.24, 2.45) is 0 Å². The topological polar surface area (TPSA) is 84.7 Å². The first-order valence-electron chi connectivity index (χ1n) is 8.93. The van der Waals surface area contributed by atoms with E-state index in [1.54, 1.807) is 26.0 Å². The zero-order valence-corrected chi connectivity index (χ0v) is 17.5. The minimum atomic E-state index is -4.12. The molecule has 0 radical (unpaired) electrons. The summed E-state index contributed by atoms with van der Waals surface area (Å²) >= 11 is 0.870. The average molecular weight is 420 g/mol. The smallest absolute Gasteiger partial charge is 0.396 e. The highest BCUT2D eigenvalue weighted by molar-refractivity contribution is 7.93. The van der Waals surface area contributed by atoms with Crippen LogP contribution in [0.1, 0.15) is 37.3 Å². The van der Waals surface area contributed by atoms with E-state index < -0.39 is 20.9 Å². The molecule has 0 bridgehead atoms. The minimum Gasteiger partial charge on any atom is -0.414 e. The molecule has 0 spiro atoms. The van der Waals surface area contributed by atoms with Crippen LogP contribution in [0.3, 0.4) is 0 Å². The predicted octanol–water partition coefficient (Wildman–Crippen LogP) is 4.38. The standard InChI is InChI=1S/C20H21NO5S2/c1-4-5-6-19(22)21(15-9-10-16-17(12-15)27-20(23)26-16)28(24,25)18-11-13(2)7-8-14(18)3/h7-12H,4-6H2,1-3H3. The van der Waals surface area contributed by atoms with Crippen LogP contribution in [0.5, 0.6) is 0 Å². The monoisotopic (exact) mass is 419 g/mol. The number of carbonyl (C=O) groups excluding carboxylic acids is 1. The maximum Gasteiger partial charge on any atom is 0.396 e. The van der Waals surface area contributed by atoms with Gasteiger partial charge in [-0.25, -0.2) is 17.5 Å². The summed E-state index contributed by atoms with van der Waals surface area (Å²) in [5.74, 6) is -0.502. The van der Waals surface area contributed by atoms with Gasteiger partial charge in [0.1, 0.15) is 5.58 Å². The predicted molar refractivity (Wildman–Crippen MR) is 110 cm³/mol. The van der Waals surface area contributed by atoms with Gasteiger partial charge in [0, 0.05) is 6.42 Å². The van der Waals surface area contributed by atoms with Crippen LogP contribution in [0.2, 0.25) is 0 Å². The lowest BCUT2D eigenvalue weighted by atomic mass is 10.2. The highest BCUT2D eigenvalue weighted by atomic mass is 32.2. The number of anilines is 1. The molecule has 0 unspecified atom stereocenters. The Morgan fingerprint density at radius 1 is 1.14 bits per heavy atom. The van der Waals surface area contributed by atoms with Crippen molar-refractivity contribution in [2.45, 2.75) is 44.9 Å². The molecule has 0 aliphatic heterocycles. The summed E-state index contributed by atoms with van der Waals surface area (Å²) in [4.78, 5) is 24.0. The lowest BCUT2D eigenvalue weighted by Gasteiger charge is -2.24. The second kappa shape index (κ2) is 7.89. The van der Waals surface area contributed by atoms with E-state index in [2.05, 4.69) is 0 Å². The van der Waals surface area contributed by atoms with Crippen LogP contribution < -0.4 is 9.24 Å². The molecule has 0 N–H and O–H groups in total. The summed E-state index contributed by atoms with van der Waals surface area (Å²) in [6.07, 6.45) is 1.46. The van der Waals surface area contributed by atoms with E-state index in [1.807, 2.05) is 13.0 Å². The molecular formula is C20H21NO5S2. The van der Waals surface area contributed by atoms with E-state index in [-0.39, 0.29) is 17.0 Å². The van der Waals surface area contributed by atoms with Crippen LogP contribution in [-0.4, -0.2) is 14.3 Å². The molecular weight excluding hydrogens is 398 g/mol. The Kier molecular flexibility index (Phi) is 5.71. The molecule has 2 aromatic carbocycles. The minimum absolute atomic E-state index is 0.0952. The van der Waals surface area contributed by atoms with Gasteiger partial charge in [0.15, 0.2) is 0 Å². The van der Waals surface area contributed by atoms with E-state index in [0.717, 1.165) is 27.6 Å². The van der Waals surface area contributed by atoms with E-state index in [0.29, 0.717) is 22.3 Å². The van der Waals surface area contributed by atoms with Crippen molar-refractivity contribution >= 4 is 43.2 Å². The Labute approximate surface area is 167 Å². The largest absolute Gasteiger partial charge is 0.414 e. The van der Waals surface area contributed by atoms with Gasteiger partial charge in [0.2, 0.25) is 5.91 Å². The maximum absolute atomic E-state index is 13.5. The SMILES string of the molecule is CCCCC(=O)N(c1ccc2oc(=O)sc2c1)S(=O)(=O)c1cc(C)ccc1C. The van der Waals surface area contributed by atoms with Crippen molar-refractivity contribution in [3.05, 3.63) is 57.3 Å². The number of fused-ring (bicyclic) bond motifs is 1. The van der Waals surface area contributed by atoms with Gasteiger partial charge in [0.25, 0.3) is 10.0 Å². The third kappa shape index (κ3) is 3.88. The number of amides is 1. The van der Waals surface area contributed by atoms with Crippen molar-refractivity contribution in [3.8, 4) is 0 Å². The molecule has 28 heavy (non-hydrogen) atoms. The van der Waals surface area contributed by atoms with Crippen molar-refractivity contribution in [1.29, 1.82) is 0 Å². The number of hydrogen-bond acceptors (Lipinski definition) is 6. The third-order valence-electron chi connectivity index (χ3n) is 4.38. The number of rotatable bonds is 6. The molecule has 0 saturated carbocycles. The molecule has 8 heteroatoms. The summed E-state index contributed by atoms with van der Waals surface area (Å²) in [6.45, 7) is 5.44. The second-order valence-electron chi connectivity index (χ2n) is 6.62. The second-order valence-corrected chi connectivity index (χ2v) is 9.35. The number of aryl methyl sites for hydroxylation is 2. The van der Waals surface area contributed by atoms with Crippen molar-refractivity contribution in [2.75, 3.05) is 4.31 Å². The highest BCUT2D eigenvalue weighted by Gasteiger charge is 2.32. The summed E-state index contributed by atoms with van der Waals surface area (Å²) < 4.78 is 33.3. The number of carbonyl (C=O) groups is 1. The summed E-state index contributed by atoms with van der Waals surface area (Å²) in [6, 6.07) is 9.64. The zero-order chi connectivity index (χ0) is 20.5. The Hall–Kier alpha value is -2.45. The Morgan fingerprint density at radius 2 is 1.89 bits per heavy atom. The molecule has 3 aromatic rings. The first-order valence-corrected chi connectivity index (χ1v) is 11.2. The van der Waals surface area contributed by atoms with Gasteiger partial charge in [-0.3, -0.25) is 4.79 Å². The summed E-state index contributed by atoms with van der Waals surface area (Å²) in [5.41, 5.74) is 1.91. The van der Waals surface area contributed by atoms with Gasteiger partial charge in [-0.1, -0.05) is 36.8 Å². The van der Waals surface area contributed by atoms with Crippen LogP contribution in [0, 0.1) is 13.8 Å². The Bertz CT molecular complexity index is 1190. The zero-order valence-electron chi connectivity index (χ0n) is 15.9. The molecule has 1 amide bonds. The van der Waals surface area contributed by atoms with E-state index >= 15 is 0 Å². The van der Waals surface area contributed by atoms with Crippen molar-refractivity contribution in [3.63, 3.8) is 0 Å². The van der Waals surface area contributed by atoms with Crippen molar-refractivity contribution < 1.29 is 17.6 Å². The first-order chi connectivity index (χ1) is 13.2. The molecule has 3 rings (SSSR count). The van der Waals surface area contributed by atoms with Crippen LogP contribution in [0.25, 0.3) is 10.3 Å². The quantitative estimate of drug-likeness (QED) is 0.592. The number of benzene rings is 2. The molecule has 0 aliphatic carbocycles. The third-order valence-corrected chi connectivity index (χ3v) is 7.06. The highest BCUT2D eigenvalue weighted by Crippen LogP contribution is 2.31. The molecule has 1 heterocycles. The molecule has 0 aliphatic rings. The molecule has 1 aromatic heterocycles. The van der Waals surface area contributed by atoms with Gasteiger partial charge in [-0.2, -0.15) is 0 Å². The normalized spacial score (nSPS) is 11.7. The lowest BCUT2D eigenvalue weighted by Crippen LogP contribution is -2.37. The van der Waals surface area contributed by atoms with Crippen molar-refractivity contribution in [1.82, 2.24) is 0 Å². The Balaban J connectivity index is 2.18. The fourth-order valence-electron chi connectivity index (χ4n) is 2.92. The number of sulfonamides is 1. The molecule has 0 fully saturated rings. The van der Waals surface area contributed by atoms with Gasteiger partial charge in [-0.05, 0) is 55.7 Å². The molecule has 0 atom stereocenters. The average Bonchev–Trinajstić information content (AvgIpc) is 3.01. The molecule has 0 saturated heterocycles. The van der Waals surface area contributed by atoms with E-state index in [4.69, 9.17) is 4.42 Å². The van der Waals surface area contributed by atoms with Crippen LogP contribution in [-0.2, 0) is 14.8 Å². The van der Waals surface area contributed by atoms with Gasteiger partial charge >= 0.3 is 4.94 Å². The lowest BCUT2D eigenvalue weighted by molar-refractivity contribution is -0.117. The summed E-state index contributed by atoms with van der Waals surface area (Å²) in [5, 5.41) is 0. The number of nitrogens with zero attached hydrogens (tertiary/aromatic N) is 1. The van der Waals surface area contributed by atoms with E-state index in [9.17, 15) is 18.0 Å². The number of unbranched alkanes of at least 4 members (excludes halogenated alkanes) is 1. The number of hydrogen-bond donors (Lipinski definition) is 0. The maximum atomic E-state index is 13.5. The van der Waals surface area contributed by atoms with Gasteiger partial charge < -0.3 is 4.42 Å². The summed E-state index contributed by atoms with van der Waals surface area (Å²) in [7, 11) is -4.12. The van der Waals surface area contributed by atoms with E-state index in [1.165, 1.54) is 18.2 Å². The molecule has 6 nitrogen and oxygen atoms in total. The van der Waals surface area contributed by atoms with Gasteiger partial charge in [0.05, 0.1) is 15.3 Å². The fraction of sp³-hybridized carbons (Fsp3) is 0.300. The van der Waals surface area contributed by atoms with Crippen LogP contribution >= 0.6 is 11.3 Å². The fourth-order valence-corrected chi connectivity index (χ4v) is 5.38. The van der Waals surface area contributed by atoms with Crippen LogP contribution in [0.15, 0.2) is 50.5 Å². The van der Waals surface area contributed by atoms with Crippen LogP contribution in [0.4, 0.5) is 5.69 Å². The van der Waals surface area contributed by atoms with Gasteiger partial charge in [-0.15, -0.1) is 0 Å². The Morgan fingerprint density at radius 3 is 2.61 bits per heavy atom. The first kappa shape index (κ1) is 20.3. The molecule has 148 valence electrons.